The van der Waals surface area contributed by atoms with Gasteiger partial charge in [-0.3, -0.25) is 4.79 Å². The van der Waals surface area contributed by atoms with Crippen molar-refractivity contribution in [2.45, 2.75) is 0 Å². The van der Waals surface area contributed by atoms with Gasteiger partial charge in [0.05, 0.1) is 5.56 Å². The molecule has 0 saturated heterocycles. The highest BCUT2D eigenvalue weighted by atomic mass is 16.5. The van der Waals surface area contributed by atoms with Crippen LogP contribution in [0.2, 0.25) is 0 Å². The van der Waals surface area contributed by atoms with Gasteiger partial charge in [-0.05, 0) is 41.8 Å². The monoisotopic (exact) mass is 422 g/mol. The Bertz CT molecular complexity index is 1400. The van der Waals surface area contributed by atoms with Crippen LogP contribution in [0.1, 0.15) is 10.4 Å². The van der Waals surface area contributed by atoms with E-state index >= 15 is 0 Å². The van der Waals surface area contributed by atoms with Gasteiger partial charge in [0, 0.05) is 16.6 Å². The second-order valence-electron chi connectivity index (χ2n) is 7.19. The standard InChI is InChI=1S/C26H18N2O4/c29-23(27-18-10-2-1-3-11-18)16-31-26(30)20-13-7-9-17-8-6-12-19(24(17)20)25-28-21-14-4-5-15-22(21)32-25/h1-15H,16H2,(H,27,29). The van der Waals surface area contributed by atoms with Gasteiger partial charge in [0.15, 0.2) is 12.2 Å². The molecule has 0 bridgehead atoms. The van der Waals surface area contributed by atoms with E-state index in [4.69, 9.17) is 9.15 Å². The summed E-state index contributed by atoms with van der Waals surface area (Å²) in [6, 6.07) is 27.5. The van der Waals surface area contributed by atoms with Crippen LogP contribution in [-0.2, 0) is 9.53 Å². The molecule has 4 aromatic carbocycles. The molecule has 0 atom stereocenters. The number of fused-ring (bicyclic) bond motifs is 2. The number of rotatable bonds is 5. The van der Waals surface area contributed by atoms with E-state index in [0.29, 0.717) is 33.7 Å². The predicted molar refractivity (Wildman–Crippen MR) is 122 cm³/mol. The molecule has 5 aromatic rings. The maximum Gasteiger partial charge on any atom is 0.339 e. The fraction of sp³-hybridized carbons (Fsp3) is 0.0385. The van der Waals surface area contributed by atoms with Gasteiger partial charge >= 0.3 is 5.97 Å². The lowest BCUT2D eigenvalue weighted by molar-refractivity contribution is -0.119. The second kappa shape index (κ2) is 8.35. The third kappa shape index (κ3) is 3.81. The highest BCUT2D eigenvalue weighted by molar-refractivity contribution is 6.10. The molecule has 32 heavy (non-hydrogen) atoms. The van der Waals surface area contributed by atoms with Crippen molar-refractivity contribution in [1.29, 1.82) is 0 Å². The molecular weight excluding hydrogens is 404 g/mol. The minimum atomic E-state index is -0.595. The van der Waals surface area contributed by atoms with E-state index in [-0.39, 0.29) is 0 Å². The van der Waals surface area contributed by atoms with Crippen LogP contribution in [0.5, 0.6) is 0 Å². The first-order valence-corrected chi connectivity index (χ1v) is 10.1. The lowest BCUT2D eigenvalue weighted by Gasteiger charge is -2.10. The first kappa shape index (κ1) is 19.5. The van der Waals surface area contributed by atoms with Crippen LogP contribution in [0.3, 0.4) is 0 Å². The molecule has 6 nitrogen and oxygen atoms in total. The molecule has 1 aromatic heterocycles. The van der Waals surface area contributed by atoms with E-state index in [1.165, 1.54) is 0 Å². The van der Waals surface area contributed by atoms with Crippen molar-refractivity contribution in [3.63, 3.8) is 0 Å². The summed E-state index contributed by atoms with van der Waals surface area (Å²) >= 11 is 0. The van der Waals surface area contributed by atoms with E-state index in [0.717, 1.165) is 10.9 Å². The summed E-state index contributed by atoms with van der Waals surface area (Å²) in [6.45, 7) is -0.394. The first-order chi connectivity index (χ1) is 15.7. The zero-order chi connectivity index (χ0) is 21.9. The quantitative estimate of drug-likeness (QED) is 0.381. The molecule has 0 saturated carbocycles. The Hall–Kier alpha value is -4.45. The molecule has 1 N–H and O–H groups in total. The average molecular weight is 422 g/mol. The maximum atomic E-state index is 12.9. The van der Waals surface area contributed by atoms with Gasteiger partial charge in [0.1, 0.15) is 5.52 Å². The van der Waals surface area contributed by atoms with E-state index in [2.05, 4.69) is 10.3 Å². The van der Waals surface area contributed by atoms with Crippen molar-refractivity contribution < 1.29 is 18.7 Å². The van der Waals surface area contributed by atoms with Gasteiger partial charge in [-0.15, -0.1) is 0 Å². The lowest BCUT2D eigenvalue weighted by Crippen LogP contribution is -2.21. The number of ether oxygens (including phenoxy) is 1. The number of nitrogens with one attached hydrogen (secondary N) is 1. The summed E-state index contributed by atoms with van der Waals surface area (Å²) in [6.07, 6.45) is 0. The summed E-state index contributed by atoms with van der Waals surface area (Å²) in [5.41, 5.74) is 3.05. The number of anilines is 1. The number of benzene rings is 4. The molecular formula is C26H18N2O4. The highest BCUT2D eigenvalue weighted by Crippen LogP contribution is 2.33. The Morgan fingerprint density at radius 2 is 1.59 bits per heavy atom. The molecule has 0 aliphatic heterocycles. The van der Waals surface area contributed by atoms with E-state index in [1.54, 1.807) is 24.3 Å². The smallest absolute Gasteiger partial charge is 0.339 e. The predicted octanol–water partition coefficient (Wildman–Crippen LogP) is 5.44. The van der Waals surface area contributed by atoms with Crippen LogP contribution >= 0.6 is 0 Å². The fourth-order valence-electron chi connectivity index (χ4n) is 3.60. The van der Waals surface area contributed by atoms with Crippen LogP contribution in [0, 0.1) is 0 Å². The number of carbonyl (C=O) groups is 2. The van der Waals surface area contributed by atoms with Crippen molar-refractivity contribution in [1.82, 2.24) is 4.98 Å². The van der Waals surface area contributed by atoms with Crippen molar-refractivity contribution in [2.24, 2.45) is 0 Å². The largest absolute Gasteiger partial charge is 0.452 e. The molecule has 6 heteroatoms. The van der Waals surface area contributed by atoms with E-state index < -0.39 is 18.5 Å². The first-order valence-electron chi connectivity index (χ1n) is 10.1. The topological polar surface area (TPSA) is 81.4 Å². The number of hydrogen-bond donors (Lipinski definition) is 1. The van der Waals surface area contributed by atoms with Crippen LogP contribution in [0.25, 0.3) is 33.3 Å². The molecule has 0 spiro atoms. The van der Waals surface area contributed by atoms with Crippen LogP contribution in [-0.4, -0.2) is 23.5 Å². The third-order valence-electron chi connectivity index (χ3n) is 5.04. The number of para-hydroxylation sites is 3. The Kier molecular flexibility index (Phi) is 5.09. The normalized spacial score (nSPS) is 10.9. The zero-order valence-electron chi connectivity index (χ0n) is 16.9. The Morgan fingerprint density at radius 1 is 0.844 bits per heavy atom. The van der Waals surface area contributed by atoms with Crippen molar-refractivity contribution in [3.8, 4) is 11.5 Å². The van der Waals surface area contributed by atoms with E-state index in [9.17, 15) is 9.59 Å². The summed E-state index contributed by atoms with van der Waals surface area (Å²) in [7, 11) is 0. The SMILES string of the molecule is O=C(COC(=O)c1cccc2cccc(-c3nc4ccccc4o3)c12)Nc1ccccc1. The molecule has 0 aliphatic carbocycles. The summed E-state index contributed by atoms with van der Waals surface area (Å²) in [5, 5.41) is 4.20. The van der Waals surface area contributed by atoms with Crippen LogP contribution in [0.4, 0.5) is 5.69 Å². The number of aromatic nitrogens is 1. The molecule has 0 aliphatic rings. The number of carbonyl (C=O) groups excluding carboxylic acids is 2. The van der Waals surface area contributed by atoms with Gasteiger partial charge in [-0.25, -0.2) is 9.78 Å². The number of oxazole rings is 1. The van der Waals surface area contributed by atoms with Gasteiger partial charge in [-0.1, -0.05) is 54.6 Å². The molecule has 1 amide bonds. The maximum absolute atomic E-state index is 12.9. The summed E-state index contributed by atoms with van der Waals surface area (Å²) in [4.78, 5) is 29.7. The average Bonchev–Trinajstić information content (AvgIpc) is 3.26. The van der Waals surface area contributed by atoms with Crippen LogP contribution < -0.4 is 5.32 Å². The molecule has 1 heterocycles. The molecule has 5 rings (SSSR count). The van der Waals surface area contributed by atoms with Gasteiger partial charge < -0.3 is 14.5 Å². The highest BCUT2D eigenvalue weighted by Gasteiger charge is 2.19. The Morgan fingerprint density at radius 3 is 2.41 bits per heavy atom. The Labute approximate surface area is 183 Å². The minimum Gasteiger partial charge on any atom is -0.452 e. The number of hydrogen-bond acceptors (Lipinski definition) is 5. The van der Waals surface area contributed by atoms with E-state index in [1.807, 2.05) is 66.7 Å². The molecule has 0 fully saturated rings. The lowest BCUT2D eigenvalue weighted by atomic mass is 9.99. The van der Waals surface area contributed by atoms with Crippen LogP contribution in [0.15, 0.2) is 95.4 Å². The third-order valence-corrected chi connectivity index (χ3v) is 5.04. The van der Waals surface area contributed by atoms with Crippen molar-refractivity contribution in [2.75, 3.05) is 11.9 Å². The number of nitrogens with zero attached hydrogens (tertiary/aromatic N) is 1. The fourth-order valence-corrected chi connectivity index (χ4v) is 3.60. The zero-order valence-corrected chi connectivity index (χ0v) is 16.9. The van der Waals surface area contributed by atoms with Crippen molar-refractivity contribution in [3.05, 3.63) is 96.6 Å². The van der Waals surface area contributed by atoms with Gasteiger partial charge in [-0.2, -0.15) is 0 Å². The number of amides is 1. The second-order valence-corrected chi connectivity index (χ2v) is 7.19. The van der Waals surface area contributed by atoms with Gasteiger partial charge in [0.2, 0.25) is 5.89 Å². The molecule has 0 radical (unpaired) electrons. The van der Waals surface area contributed by atoms with Gasteiger partial charge in [0.25, 0.3) is 5.91 Å². The Balaban J connectivity index is 1.45. The minimum absolute atomic E-state index is 0.341. The molecule has 156 valence electrons. The summed E-state index contributed by atoms with van der Waals surface area (Å²) < 4.78 is 11.3. The number of esters is 1. The summed E-state index contributed by atoms with van der Waals surface area (Å²) in [5.74, 6) is -0.592. The van der Waals surface area contributed by atoms with Crippen molar-refractivity contribution >= 4 is 39.4 Å². The molecule has 0 unspecified atom stereocenters.